The number of alkyl carbamates (subject to hydrolysis) is 1. The zero-order chi connectivity index (χ0) is 22.5. The number of hydroxylamine groups is 2. The normalized spacial score (nSPS) is 11.2. The maximum absolute atomic E-state index is 12.9. The minimum Gasteiger partial charge on any atom is -0.497 e. The van der Waals surface area contributed by atoms with Crippen molar-refractivity contribution in [2.45, 2.75) is 39.8 Å². The maximum Gasteiger partial charge on any atom is 0.407 e. The number of ether oxygens (including phenoxy) is 3. The van der Waals surface area contributed by atoms with Gasteiger partial charge in [-0.25, -0.2) is 9.86 Å². The fourth-order valence-electron chi connectivity index (χ4n) is 2.92. The third-order valence-electron chi connectivity index (χ3n) is 4.22. The molecule has 1 aromatic heterocycles. The second-order valence-corrected chi connectivity index (χ2v) is 7.41. The van der Waals surface area contributed by atoms with Crippen LogP contribution in [0.5, 0.6) is 11.5 Å². The summed E-state index contributed by atoms with van der Waals surface area (Å²) < 4.78 is 16.2. The lowest BCUT2D eigenvalue weighted by atomic mass is 10.0. The molecule has 2 aromatic rings. The monoisotopic (exact) mass is 419 g/mol. The van der Waals surface area contributed by atoms with Crippen LogP contribution in [0.15, 0.2) is 18.3 Å². The Balaban J connectivity index is 2.56. The summed E-state index contributed by atoms with van der Waals surface area (Å²) in [6.45, 7) is 7.60. The Morgan fingerprint density at radius 1 is 1.13 bits per heavy atom. The van der Waals surface area contributed by atoms with Gasteiger partial charge in [-0.3, -0.25) is 14.6 Å². The molecule has 0 fully saturated rings. The van der Waals surface area contributed by atoms with Crippen LogP contribution in [0.1, 0.15) is 43.7 Å². The van der Waals surface area contributed by atoms with Crippen molar-refractivity contribution in [1.29, 1.82) is 0 Å². The first-order chi connectivity index (χ1) is 14.1. The van der Waals surface area contributed by atoms with Gasteiger partial charge >= 0.3 is 6.09 Å². The minimum atomic E-state index is -0.620. The van der Waals surface area contributed by atoms with Crippen molar-refractivity contribution >= 4 is 22.8 Å². The van der Waals surface area contributed by atoms with E-state index in [0.717, 1.165) is 0 Å². The van der Waals surface area contributed by atoms with Crippen LogP contribution in [-0.4, -0.2) is 55.5 Å². The molecular weight excluding hydrogens is 390 g/mol. The summed E-state index contributed by atoms with van der Waals surface area (Å²) in [7, 11) is 4.47. The second kappa shape index (κ2) is 9.62. The Labute approximate surface area is 176 Å². The predicted molar refractivity (Wildman–Crippen MR) is 112 cm³/mol. The molecule has 9 nitrogen and oxygen atoms in total. The number of nitrogens with zero attached hydrogens (tertiary/aromatic N) is 2. The summed E-state index contributed by atoms with van der Waals surface area (Å²) in [6.07, 6.45) is 0.888. The first kappa shape index (κ1) is 23.2. The highest BCUT2D eigenvalue weighted by atomic mass is 16.7. The average Bonchev–Trinajstić information content (AvgIpc) is 2.70. The van der Waals surface area contributed by atoms with Crippen molar-refractivity contribution in [3.8, 4) is 11.5 Å². The van der Waals surface area contributed by atoms with Gasteiger partial charge in [0, 0.05) is 29.6 Å². The van der Waals surface area contributed by atoms with Gasteiger partial charge in [0.15, 0.2) is 0 Å². The predicted octanol–water partition coefficient (Wildman–Crippen LogP) is 3.30. The molecule has 0 unspecified atom stereocenters. The van der Waals surface area contributed by atoms with Crippen molar-refractivity contribution < 1.29 is 28.6 Å². The Morgan fingerprint density at radius 3 is 2.37 bits per heavy atom. The number of hydrogen-bond donors (Lipinski definition) is 1. The Morgan fingerprint density at radius 2 is 1.83 bits per heavy atom. The number of aromatic nitrogens is 1. The lowest BCUT2D eigenvalue weighted by Crippen LogP contribution is -2.32. The van der Waals surface area contributed by atoms with Gasteiger partial charge in [-0.05, 0) is 33.8 Å². The molecule has 0 saturated carbocycles. The molecule has 0 aliphatic heterocycles. The van der Waals surface area contributed by atoms with E-state index in [-0.39, 0.29) is 12.5 Å². The molecule has 30 heavy (non-hydrogen) atoms. The topological polar surface area (TPSA) is 99.2 Å². The molecule has 0 bridgehead atoms. The standard InChI is InChI=1S/C21H29N3O6/c1-8-24(29-7)19(25)15-11-22-16(12-23-20(26)30-21(2,3)4)18-14(15)9-13(27-5)10-17(18)28-6/h9-11H,8,12H2,1-7H3,(H,23,26). The third-order valence-corrected chi connectivity index (χ3v) is 4.22. The zero-order valence-electron chi connectivity index (χ0n) is 18.5. The molecule has 0 aliphatic carbocycles. The summed E-state index contributed by atoms with van der Waals surface area (Å²) in [6, 6.07) is 3.43. The molecule has 0 radical (unpaired) electrons. The van der Waals surface area contributed by atoms with Crippen molar-refractivity contribution in [1.82, 2.24) is 15.4 Å². The molecular formula is C21H29N3O6. The van der Waals surface area contributed by atoms with Gasteiger partial charge in [-0.1, -0.05) is 0 Å². The van der Waals surface area contributed by atoms with Gasteiger partial charge in [-0.2, -0.15) is 0 Å². The van der Waals surface area contributed by atoms with Crippen LogP contribution in [0.4, 0.5) is 4.79 Å². The number of nitrogens with one attached hydrogen (secondary N) is 1. The van der Waals surface area contributed by atoms with E-state index in [4.69, 9.17) is 19.0 Å². The maximum atomic E-state index is 12.9. The van der Waals surface area contributed by atoms with Gasteiger partial charge in [0.2, 0.25) is 0 Å². The van der Waals surface area contributed by atoms with Crippen LogP contribution < -0.4 is 14.8 Å². The van der Waals surface area contributed by atoms with Crippen molar-refractivity contribution in [2.75, 3.05) is 27.9 Å². The molecule has 0 saturated heterocycles. The zero-order valence-corrected chi connectivity index (χ0v) is 18.5. The number of fused-ring (bicyclic) bond motifs is 1. The molecule has 9 heteroatoms. The van der Waals surface area contributed by atoms with Crippen LogP contribution in [-0.2, 0) is 16.1 Å². The smallest absolute Gasteiger partial charge is 0.407 e. The lowest BCUT2D eigenvalue weighted by Gasteiger charge is -2.21. The molecule has 2 amide bonds. The molecule has 1 aromatic carbocycles. The quantitative estimate of drug-likeness (QED) is 0.688. The average molecular weight is 419 g/mol. The molecule has 0 atom stereocenters. The molecule has 0 aliphatic rings. The number of amides is 2. The molecule has 164 valence electrons. The van der Waals surface area contributed by atoms with Crippen LogP contribution >= 0.6 is 0 Å². The van der Waals surface area contributed by atoms with Crippen molar-refractivity contribution in [3.05, 3.63) is 29.6 Å². The van der Waals surface area contributed by atoms with E-state index >= 15 is 0 Å². The van der Waals surface area contributed by atoms with E-state index < -0.39 is 11.7 Å². The number of carbonyl (C=O) groups excluding carboxylic acids is 2. The Bertz CT molecular complexity index is 919. The van der Waals surface area contributed by atoms with Gasteiger partial charge in [-0.15, -0.1) is 0 Å². The first-order valence-corrected chi connectivity index (χ1v) is 9.51. The highest BCUT2D eigenvalue weighted by Crippen LogP contribution is 2.35. The number of pyridine rings is 1. The van der Waals surface area contributed by atoms with Crippen LogP contribution in [0, 0.1) is 0 Å². The van der Waals surface area contributed by atoms with Gasteiger partial charge in [0.05, 0.1) is 39.1 Å². The summed E-state index contributed by atoms with van der Waals surface area (Å²) in [5, 5.41) is 5.08. The summed E-state index contributed by atoms with van der Waals surface area (Å²) in [4.78, 5) is 34.6. The first-order valence-electron chi connectivity index (χ1n) is 9.51. The number of rotatable bonds is 7. The van der Waals surface area contributed by atoms with Crippen molar-refractivity contribution in [2.24, 2.45) is 0 Å². The molecule has 2 rings (SSSR count). The Hall–Kier alpha value is -3.07. The van der Waals surface area contributed by atoms with E-state index in [2.05, 4.69) is 10.3 Å². The highest BCUT2D eigenvalue weighted by molar-refractivity contribution is 6.09. The molecule has 0 spiro atoms. The molecule has 1 heterocycles. The van der Waals surface area contributed by atoms with E-state index in [1.165, 1.54) is 32.6 Å². The largest absolute Gasteiger partial charge is 0.497 e. The van der Waals surface area contributed by atoms with Crippen LogP contribution in [0.25, 0.3) is 10.8 Å². The van der Waals surface area contributed by atoms with Crippen LogP contribution in [0.3, 0.4) is 0 Å². The van der Waals surface area contributed by atoms with E-state index in [9.17, 15) is 9.59 Å². The summed E-state index contributed by atoms with van der Waals surface area (Å²) in [5.74, 6) is 0.638. The van der Waals surface area contributed by atoms with Crippen molar-refractivity contribution in [3.63, 3.8) is 0 Å². The van der Waals surface area contributed by atoms with Gasteiger partial charge < -0.3 is 19.5 Å². The summed E-state index contributed by atoms with van der Waals surface area (Å²) in [5.41, 5.74) is 0.226. The number of benzene rings is 1. The summed E-state index contributed by atoms with van der Waals surface area (Å²) >= 11 is 0. The number of methoxy groups -OCH3 is 2. The SMILES string of the molecule is CCN(OC)C(=O)c1cnc(CNC(=O)OC(C)(C)C)c2c(OC)cc(OC)cc12. The van der Waals surface area contributed by atoms with E-state index in [1.807, 2.05) is 0 Å². The Kier molecular flexibility index (Phi) is 7.44. The number of carbonyl (C=O) groups is 2. The fraction of sp³-hybridized carbons (Fsp3) is 0.476. The van der Waals surface area contributed by atoms with E-state index in [0.29, 0.717) is 40.1 Å². The second-order valence-electron chi connectivity index (χ2n) is 7.41. The lowest BCUT2D eigenvalue weighted by molar-refractivity contribution is -0.0914. The van der Waals surface area contributed by atoms with Gasteiger partial charge in [0.1, 0.15) is 17.1 Å². The van der Waals surface area contributed by atoms with E-state index in [1.54, 1.807) is 39.8 Å². The minimum absolute atomic E-state index is 0.0876. The number of hydrogen-bond acceptors (Lipinski definition) is 7. The highest BCUT2D eigenvalue weighted by Gasteiger charge is 2.23. The van der Waals surface area contributed by atoms with Gasteiger partial charge in [0.25, 0.3) is 5.91 Å². The fourth-order valence-corrected chi connectivity index (χ4v) is 2.92. The van der Waals surface area contributed by atoms with Crippen LogP contribution in [0.2, 0.25) is 0 Å². The molecule has 1 N–H and O–H groups in total. The third kappa shape index (κ3) is 5.29.